The molecule has 5 rings (SSSR count). The number of carbonyl (C=O) groups is 2. The standard InChI is InChI=1S/C26H28N4O3S/c1-17-16-18(25(32)29-12-14-34-15-13-29)6-9-21(17)28-24(31)11-10-23-27-22-5-3-2-4-20(22)26(33)30(23)19-7-8-19/h2-6,9,16,19H,7-8,10-15H2,1H3,(H,28,31). The van der Waals surface area contributed by atoms with Gasteiger partial charge in [0.2, 0.25) is 5.91 Å². The van der Waals surface area contributed by atoms with E-state index in [1.165, 1.54) is 0 Å². The second kappa shape index (κ2) is 9.62. The van der Waals surface area contributed by atoms with Crippen molar-refractivity contribution >= 4 is 40.2 Å². The van der Waals surface area contributed by atoms with Crippen molar-refractivity contribution in [3.05, 3.63) is 69.8 Å². The van der Waals surface area contributed by atoms with Crippen LogP contribution in [0.2, 0.25) is 0 Å². The van der Waals surface area contributed by atoms with Gasteiger partial charge >= 0.3 is 0 Å². The maximum absolute atomic E-state index is 13.0. The molecule has 3 aromatic rings. The van der Waals surface area contributed by atoms with Gasteiger partial charge in [0.25, 0.3) is 11.5 Å². The quantitative estimate of drug-likeness (QED) is 0.585. The molecule has 34 heavy (non-hydrogen) atoms. The number of benzene rings is 2. The Kier molecular flexibility index (Phi) is 6.41. The summed E-state index contributed by atoms with van der Waals surface area (Å²) in [6.45, 7) is 3.44. The average molecular weight is 477 g/mol. The van der Waals surface area contributed by atoms with Crippen LogP contribution in [-0.4, -0.2) is 50.9 Å². The normalized spacial score (nSPS) is 16.0. The fourth-order valence-corrected chi connectivity index (χ4v) is 5.30. The molecule has 176 valence electrons. The number of rotatable bonds is 6. The Bertz CT molecular complexity index is 1310. The molecular formula is C26H28N4O3S. The van der Waals surface area contributed by atoms with Gasteiger partial charge in [-0.15, -0.1) is 0 Å². The molecule has 0 atom stereocenters. The number of fused-ring (bicyclic) bond motifs is 1. The molecule has 0 unspecified atom stereocenters. The highest BCUT2D eigenvalue weighted by molar-refractivity contribution is 7.99. The third kappa shape index (κ3) is 4.73. The number of carbonyl (C=O) groups excluding carboxylic acids is 2. The number of hydrogen-bond acceptors (Lipinski definition) is 5. The highest BCUT2D eigenvalue weighted by Gasteiger charge is 2.28. The topological polar surface area (TPSA) is 84.3 Å². The first kappa shape index (κ1) is 22.7. The SMILES string of the molecule is Cc1cc(C(=O)N2CCSCC2)ccc1NC(=O)CCc1nc2ccccc2c(=O)n1C1CC1. The Morgan fingerprint density at radius 3 is 2.62 bits per heavy atom. The van der Waals surface area contributed by atoms with Crippen LogP contribution >= 0.6 is 11.8 Å². The number of para-hydroxylation sites is 1. The Labute approximate surface area is 202 Å². The number of thioether (sulfide) groups is 1. The van der Waals surface area contributed by atoms with Crippen molar-refractivity contribution in [1.29, 1.82) is 0 Å². The minimum Gasteiger partial charge on any atom is -0.337 e. The first-order valence-corrected chi connectivity index (χ1v) is 12.9. The zero-order chi connectivity index (χ0) is 23.7. The van der Waals surface area contributed by atoms with E-state index < -0.39 is 0 Å². The van der Waals surface area contributed by atoms with Gasteiger partial charge in [0, 0.05) is 54.7 Å². The van der Waals surface area contributed by atoms with Crippen LogP contribution in [0.1, 0.15) is 47.1 Å². The van der Waals surface area contributed by atoms with E-state index in [2.05, 4.69) is 5.32 Å². The number of aryl methyl sites for hydroxylation is 2. The van der Waals surface area contributed by atoms with Gasteiger partial charge in [0.1, 0.15) is 5.82 Å². The van der Waals surface area contributed by atoms with Gasteiger partial charge in [0.15, 0.2) is 0 Å². The third-order valence-corrected chi connectivity index (χ3v) is 7.36. The van der Waals surface area contributed by atoms with Gasteiger partial charge in [-0.05, 0) is 55.7 Å². The largest absolute Gasteiger partial charge is 0.337 e. The predicted molar refractivity (Wildman–Crippen MR) is 136 cm³/mol. The first-order chi connectivity index (χ1) is 16.5. The molecule has 2 amide bonds. The highest BCUT2D eigenvalue weighted by atomic mass is 32.2. The highest BCUT2D eigenvalue weighted by Crippen LogP contribution is 2.35. The van der Waals surface area contributed by atoms with Crippen LogP contribution in [0.3, 0.4) is 0 Å². The number of anilines is 1. The van der Waals surface area contributed by atoms with Crippen LogP contribution in [-0.2, 0) is 11.2 Å². The molecule has 1 aliphatic heterocycles. The molecule has 0 radical (unpaired) electrons. The number of nitrogens with one attached hydrogen (secondary N) is 1. The molecule has 2 fully saturated rings. The third-order valence-electron chi connectivity index (χ3n) is 6.41. The van der Waals surface area contributed by atoms with Crippen LogP contribution in [0.15, 0.2) is 47.3 Å². The van der Waals surface area contributed by atoms with E-state index in [-0.39, 0.29) is 29.8 Å². The Hall–Kier alpha value is -3.13. The Morgan fingerprint density at radius 1 is 1.12 bits per heavy atom. The van der Waals surface area contributed by atoms with Gasteiger partial charge in [-0.1, -0.05) is 12.1 Å². The summed E-state index contributed by atoms with van der Waals surface area (Å²) in [6.07, 6.45) is 2.56. The van der Waals surface area contributed by atoms with E-state index in [1.54, 1.807) is 16.7 Å². The van der Waals surface area contributed by atoms with Gasteiger partial charge in [0.05, 0.1) is 10.9 Å². The molecule has 1 saturated heterocycles. The number of hydrogen-bond donors (Lipinski definition) is 1. The average Bonchev–Trinajstić information content (AvgIpc) is 3.69. The molecule has 1 aromatic heterocycles. The fraction of sp³-hybridized carbons (Fsp3) is 0.385. The zero-order valence-electron chi connectivity index (χ0n) is 19.3. The van der Waals surface area contributed by atoms with Crippen LogP contribution < -0.4 is 10.9 Å². The minimum absolute atomic E-state index is 0.0214. The summed E-state index contributed by atoms with van der Waals surface area (Å²) in [7, 11) is 0. The van der Waals surface area contributed by atoms with Crippen LogP contribution in [0.4, 0.5) is 5.69 Å². The van der Waals surface area contributed by atoms with E-state index >= 15 is 0 Å². The Balaban J connectivity index is 1.27. The number of amides is 2. The van der Waals surface area contributed by atoms with Gasteiger partial charge in [-0.2, -0.15) is 11.8 Å². The van der Waals surface area contributed by atoms with E-state index in [9.17, 15) is 14.4 Å². The van der Waals surface area contributed by atoms with Gasteiger partial charge < -0.3 is 10.2 Å². The lowest BCUT2D eigenvalue weighted by atomic mass is 10.1. The van der Waals surface area contributed by atoms with Crippen molar-refractivity contribution in [2.24, 2.45) is 0 Å². The van der Waals surface area contributed by atoms with E-state index in [1.807, 2.05) is 53.9 Å². The lowest BCUT2D eigenvalue weighted by Crippen LogP contribution is -2.37. The second-order valence-electron chi connectivity index (χ2n) is 8.93. The van der Waals surface area contributed by atoms with Crippen molar-refractivity contribution in [1.82, 2.24) is 14.5 Å². The summed E-state index contributed by atoms with van der Waals surface area (Å²) >= 11 is 1.87. The summed E-state index contributed by atoms with van der Waals surface area (Å²) in [5.41, 5.74) is 2.84. The molecule has 0 bridgehead atoms. The Morgan fingerprint density at radius 2 is 1.88 bits per heavy atom. The molecule has 1 N–H and O–H groups in total. The summed E-state index contributed by atoms with van der Waals surface area (Å²) in [6, 6.07) is 13.0. The van der Waals surface area contributed by atoms with E-state index in [4.69, 9.17) is 4.98 Å². The molecule has 2 aromatic carbocycles. The predicted octanol–water partition coefficient (Wildman–Crippen LogP) is 3.80. The van der Waals surface area contributed by atoms with Crippen LogP contribution in [0.5, 0.6) is 0 Å². The van der Waals surface area contributed by atoms with E-state index in [0.29, 0.717) is 34.4 Å². The maximum Gasteiger partial charge on any atom is 0.261 e. The number of aromatic nitrogens is 2. The van der Waals surface area contributed by atoms with Crippen molar-refractivity contribution in [3.8, 4) is 0 Å². The van der Waals surface area contributed by atoms with Crippen LogP contribution in [0.25, 0.3) is 10.9 Å². The summed E-state index contributed by atoms with van der Waals surface area (Å²) < 4.78 is 1.78. The fourth-order valence-electron chi connectivity index (χ4n) is 4.40. The van der Waals surface area contributed by atoms with Crippen molar-refractivity contribution in [2.75, 3.05) is 29.9 Å². The zero-order valence-corrected chi connectivity index (χ0v) is 20.1. The van der Waals surface area contributed by atoms with Crippen LogP contribution in [0, 0.1) is 6.92 Å². The smallest absolute Gasteiger partial charge is 0.261 e. The first-order valence-electron chi connectivity index (χ1n) is 11.8. The maximum atomic E-state index is 13.0. The molecule has 8 heteroatoms. The summed E-state index contributed by atoms with van der Waals surface area (Å²) in [5.74, 6) is 2.51. The molecule has 1 saturated carbocycles. The molecular weight excluding hydrogens is 448 g/mol. The lowest BCUT2D eigenvalue weighted by Gasteiger charge is -2.26. The van der Waals surface area contributed by atoms with Gasteiger partial charge in [-0.25, -0.2) is 4.98 Å². The molecule has 1 aliphatic carbocycles. The lowest BCUT2D eigenvalue weighted by molar-refractivity contribution is -0.116. The van der Waals surface area contributed by atoms with Gasteiger partial charge in [-0.3, -0.25) is 19.0 Å². The molecule has 7 nitrogen and oxygen atoms in total. The number of nitrogens with zero attached hydrogens (tertiary/aromatic N) is 3. The van der Waals surface area contributed by atoms with Crippen molar-refractivity contribution in [3.63, 3.8) is 0 Å². The summed E-state index contributed by atoms with van der Waals surface area (Å²) in [4.78, 5) is 45.1. The van der Waals surface area contributed by atoms with Crippen molar-refractivity contribution < 1.29 is 9.59 Å². The molecule has 2 aliphatic rings. The monoisotopic (exact) mass is 476 g/mol. The molecule has 0 spiro atoms. The molecule has 2 heterocycles. The second-order valence-corrected chi connectivity index (χ2v) is 10.2. The van der Waals surface area contributed by atoms with E-state index in [0.717, 1.165) is 43.0 Å². The summed E-state index contributed by atoms with van der Waals surface area (Å²) in [5, 5.41) is 3.58. The minimum atomic E-state index is -0.139. The van der Waals surface area contributed by atoms with Crippen molar-refractivity contribution in [2.45, 2.75) is 38.6 Å².